The van der Waals surface area contributed by atoms with E-state index >= 15 is 0 Å². The zero-order valence-electron chi connectivity index (χ0n) is 8.63. The molecule has 0 aliphatic heterocycles. The summed E-state index contributed by atoms with van der Waals surface area (Å²) >= 11 is 9.25. The van der Waals surface area contributed by atoms with Crippen LogP contribution in [0.25, 0.3) is 0 Å². The molecule has 2 aromatic carbocycles. The maximum absolute atomic E-state index is 13.6. The SMILES string of the molecule is Fc1ccc(C(Br)c2cccc(Cl)c2)c(F)c1. The molecule has 0 N–H and O–H groups in total. The Kier molecular flexibility index (Phi) is 3.79. The topological polar surface area (TPSA) is 0 Å². The standard InChI is InChI=1S/C13H8BrClF2/c14-13(8-2-1-3-9(15)6-8)11-5-4-10(16)7-12(11)17/h1-7,13H. The van der Waals surface area contributed by atoms with Gasteiger partial charge in [0.15, 0.2) is 0 Å². The van der Waals surface area contributed by atoms with Gasteiger partial charge in [-0.3, -0.25) is 0 Å². The van der Waals surface area contributed by atoms with Crippen LogP contribution in [-0.2, 0) is 0 Å². The molecule has 0 bridgehead atoms. The van der Waals surface area contributed by atoms with Crippen LogP contribution in [0.4, 0.5) is 8.78 Å². The van der Waals surface area contributed by atoms with Crippen molar-refractivity contribution in [3.05, 3.63) is 70.2 Å². The van der Waals surface area contributed by atoms with Crippen LogP contribution in [0.2, 0.25) is 5.02 Å². The molecule has 0 heterocycles. The predicted molar refractivity (Wildman–Crippen MR) is 68.6 cm³/mol. The lowest BCUT2D eigenvalue weighted by Crippen LogP contribution is -1.97. The van der Waals surface area contributed by atoms with E-state index in [9.17, 15) is 8.78 Å². The lowest BCUT2D eigenvalue weighted by atomic mass is 10.0. The quantitative estimate of drug-likeness (QED) is 0.676. The normalized spacial score (nSPS) is 12.5. The molecule has 0 aromatic heterocycles. The third-order valence-corrected chi connectivity index (χ3v) is 3.63. The summed E-state index contributed by atoms with van der Waals surface area (Å²) in [6.45, 7) is 0. The number of hydrogen-bond donors (Lipinski definition) is 0. The first-order valence-corrected chi connectivity index (χ1v) is 6.22. The molecule has 0 saturated carbocycles. The largest absolute Gasteiger partial charge is 0.207 e. The first-order chi connectivity index (χ1) is 8.08. The van der Waals surface area contributed by atoms with Crippen molar-refractivity contribution in [1.29, 1.82) is 0 Å². The maximum Gasteiger partial charge on any atom is 0.130 e. The Morgan fingerprint density at radius 3 is 2.47 bits per heavy atom. The van der Waals surface area contributed by atoms with Crippen LogP contribution in [0.1, 0.15) is 16.0 Å². The van der Waals surface area contributed by atoms with Crippen LogP contribution >= 0.6 is 27.5 Å². The molecule has 0 nitrogen and oxygen atoms in total. The summed E-state index contributed by atoms with van der Waals surface area (Å²) < 4.78 is 26.4. The van der Waals surface area contributed by atoms with Gasteiger partial charge in [-0.05, 0) is 23.8 Å². The first kappa shape index (κ1) is 12.5. The highest BCUT2D eigenvalue weighted by atomic mass is 79.9. The van der Waals surface area contributed by atoms with E-state index in [-0.39, 0.29) is 4.83 Å². The van der Waals surface area contributed by atoms with Gasteiger partial charge < -0.3 is 0 Å². The number of hydrogen-bond acceptors (Lipinski definition) is 0. The summed E-state index contributed by atoms with van der Waals surface area (Å²) in [5.41, 5.74) is 1.21. The Hall–Kier alpha value is -0.930. The Morgan fingerprint density at radius 2 is 1.82 bits per heavy atom. The highest BCUT2D eigenvalue weighted by Crippen LogP contribution is 2.33. The van der Waals surface area contributed by atoms with Crippen molar-refractivity contribution >= 4 is 27.5 Å². The Balaban J connectivity index is 2.40. The molecule has 0 amide bonds. The zero-order valence-corrected chi connectivity index (χ0v) is 11.0. The van der Waals surface area contributed by atoms with Gasteiger partial charge in [-0.15, -0.1) is 0 Å². The van der Waals surface area contributed by atoms with Crippen LogP contribution in [-0.4, -0.2) is 0 Å². The zero-order chi connectivity index (χ0) is 12.4. The minimum atomic E-state index is -0.586. The fourth-order valence-corrected chi connectivity index (χ4v) is 2.41. The monoisotopic (exact) mass is 316 g/mol. The minimum Gasteiger partial charge on any atom is -0.207 e. The van der Waals surface area contributed by atoms with Crippen molar-refractivity contribution in [2.75, 3.05) is 0 Å². The highest BCUT2D eigenvalue weighted by Gasteiger charge is 2.15. The maximum atomic E-state index is 13.6. The smallest absolute Gasteiger partial charge is 0.130 e. The molecule has 0 radical (unpaired) electrons. The third kappa shape index (κ3) is 2.85. The van der Waals surface area contributed by atoms with Gasteiger partial charge in [0, 0.05) is 16.7 Å². The van der Waals surface area contributed by atoms with E-state index < -0.39 is 11.6 Å². The second kappa shape index (κ2) is 5.15. The van der Waals surface area contributed by atoms with E-state index in [0.717, 1.165) is 11.6 Å². The summed E-state index contributed by atoms with van der Waals surface area (Å²) in [6.07, 6.45) is 0. The van der Waals surface area contributed by atoms with E-state index in [1.165, 1.54) is 12.1 Å². The number of alkyl halides is 1. The highest BCUT2D eigenvalue weighted by molar-refractivity contribution is 9.09. The average Bonchev–Trinajstić information content (AvgIpc) is 2.28. The van der Waals surface area contributed by atoms with Crippen molar-refractivity contribution in [2.45, 2.75) is 4.83 Å². The second-order valence-corrected chi connectivity index (χ2v) is 4.94. The van der Waals surface area contributed by atoms with E-state index in [0.29, 0.717) is 10.6 Å². The molecule has 0 saturated heterocycles. The van der Waals surface area contributed by atoms with Crippen LogP contribution in [0.5, 0.6) is 0 Å². The molecular weight excluding hydrogens is 309 g/mol. The van der Waals surface area contributed by atoms with Crippen molar-refractivity contribution < 1.29 is 8.78 Å². The van der Waals surface area contributed by atoms with Crippen LogP contribution in [0.3, 0.4) is 0 Å². The number of benzene rings is 2. The van der Waals surface area contributed by atoms with Gasteiger partial charge in [-0.1, -0.05) is 45.7 Å². The number of halogens is 4. The Bertz CT molecular complexity index is 543. The van der Waals surface area contributed by atoms with Gasteiger partial charge in [0.1, 0.15) is 11.6 Å². The lowest BCUT2D eigenvalue weighted by Gasteiger charge is -2.12. The first-order valence-electron chi connectivity index (χ1n) is 4.92. The molecule has 0 spiro atoms. The second-order valence-electron chi connectivity index (χ2n) is 3.58. The molecule has 0 fully saturated rings. The van der Waals surface area contributed by atoms with Gasteiger partial charge in [-0.2, -0.15) is 0 Å². The van der Waals surface area contributed by atoms with Gasteiger partial charge in [0.2, 0.25) is 0 Å². The summed E-state index contributed by atoms with van der Waals surface area (Å²) in [7, 11) is 0. The van der Waals surface area contributed by atoms with Crippen LogP contribution < -0.4 is 0 Å². The van der Waals surface area contributed by atoms with Crippen molar-refractivity contribution in [2.24, 2.45) is 0 Å². The molecule has 1 atom stereocenters. The molecule has 4 heteroatoms. The molecule has 0 aliphatic rings. The van der Waals surface area contributed by atoms with Crippen LogP contribution in [0.15, 0.2) is 42.5 Å². The minimum absolute atomic E-state index is 0.346. The average molecular weight is 318 g/mol. The molecule has 17 heavy (non-hydrogen) atoms. The van der Waals surface area contributed by atoms with Crippen molar-refractivity contribution in [3.63, 3.8) is 0 Å². The summed E-state index contributed by atoms with van der Waals surface area (Å²) in [5, 5.41) is 0.578. The molecule has 2 aromatic rings. The fraction of sp³-hybridized carbons (Fsp3) is 0.0769. The predicted octanol–water partition coefficient (Wildman–Crippen LogP) is 5.10. The summed E-state index contributed by atoms with van der Waals surface area (Å²) in [4.78, 5) is -0.346. The lowest BCUT2D eigenvalue weighted by molar-refractivity contribution is 0.574. The molecule has 88 valence electrons. The van der Waals surface area contributed by atoms with E-state index in [1.807, 2.05) is 6.07 Å². The van der Waals surface area contributed by atoms with E-state index in [2.05, 4.69) is 15.9 Å². The van der Waals surface area contributed by atoms with Gasteiger partial charge in [0.05, 0.1) is 4.83 Å². The van der Waals surface area contributed by atoms with E-state index in [4.69, 9.17) is 11.6 Å². The molecule has 1 unspecified atom stereocenters. The summed E-state index contributed by atoms with van der Waals surface area (Å²) in [5.74, 6) is -1.16. The third-order valence-electron chi connectivity index (χ3n) is 2.38. The molecular formula is C13H8BrClF2. The van der Waals surface area contributed by atoms with E-state index in [1.54, 1.807) is 18.2 Å². The molecule has 2 rings (SSSR count). The van der Waals surface area contributed by atoms with Gasteiger partial charge in [-0.25, -0.2) is 8.78 Å². The Labute approximate surface area is 111 Å². The van der Waals surface area contributed by atoms with Crippen molar-refractivity contribution in [1.82, 2.24) is 0 Å². The number of rotatable bonds is 2. The van der Waals surface area contributed by atoms with Gasteiger partial charge in [0.25, 0.3) is 0 Å². The fourth-order valence-electron chi connectivity index (χ4n) is 1.55. The Morgan fingerprint density at radius 1 is 1.06 bits per heavy atom. The van der Waals surface area contributed by atoms with Gasteiger partial charge >= 0.3 is 0 Å². The van der Waals surface area contributed by atoms with Crippen molar-refractivity contribution in [3.8, 4) is 0 Å². The molecule has 0 aliphatic carbocycles. The van der Waals surface area contributed by atoms with Crippen LogP contribution in [0, 0.1) is 11.6 Å². The summed E-state index contributed by atoms with van der Waals surface area (Å²) in [6, 6.07) is 10.6.